The Morgan fingerprint density at radius 1 is 1.12 bits per heavy atom. The fourth-order valence-corrected chi connectivity index (χ4v) is 5.17. The SMILES string of the molecule is CCO[Si](CCCNC(=O)Cn1c(C)cccc1=O)(OCC)OCC. The van der Waals surface area contributed by atoms with Gasteiger partial charge in [-0.1, -0.05) is 6.07 Å². The van der Waals surface area contributed by atoms with Crippen LogP contribution in [0.15, 0.2) is 23.0 Å². The van der Waals surface area contributed by atoms with Crippen molar-refractivity contribution in [3.63, 3.8) is 0 Å². The van der Waals surface area contributed by atoms with Gasteiger partial charge >= 0.3 is 8.80 Å². The van der Waals surface area contributed by atoms with E-state index < -0.39 is 8.80 Å². The molecule has 0 spiro atoms. The average Bonchev–Trinajstić information content (AvgIpc) is 2.56. The second-order valence-corrected chi connectivity index (χ2v) is 8.26. The van der Waals surface area contributed by atoms with E-state index in [1.165, 1.54) is 10.6 Å². The highest BCUT2D eigenvalue weighted by Crippen LogP contribution is 2.17. The van der Waals surface area contributed by atoms with E-state index in [0.717, 1.165) is 5.69 Å². The van der Waals surface area contributed by atoms with Crippen molar-refractivity contribution in [2.24, 2.45) is 0 Å². The fraction of sp³-hybridized carbons (Fsp3) is 0.647. The Bertz CT molecular complexity index is 574. The summed E-state index contributed by atoms with van der Waals surface area (Å²) in [7, 11) is -2.67. The third kappa shape index (κ3) is 7.11. The van der Waals surface area contributed by atoms with Crippen LogP contribution in [0.4, 0.5) is 0 Å². The lowest BCUT2D eigenvalue weighted by Gasteiger charge is -2.28. The van der Waals surface area contributed by atoms with E-state index in [9.17, 15) is 9.59 Å². The Balaban J connectivity index is 2.49. The first-order valence-electron chi connectivity index (χ1n) is 8.83. The second-order valence-electron chi connectivity index (χ2n) is 5.53. The molecule has 0 aromatic carbocycles. The molecule has 0 saturated carbocycles. The number of aromatic nitrogens is 1. The maximum absolute atomic E-state index is 12.1. The standard InChI is InChI=1S/C17H30N2O5Si/c1-5-22-25(23-6-2,24-7-3)13-9-12-18-16(20)14-19-15(4)10-8-11-17(19)21/h8,10-11H,5-7,9,12-14H2,1-4H3,(H,18,20). The molecule has 1 heterocycles. The summed E-state index contributed by atoms with van der Waals surface area (Å²) in [6.07, 6.45) is 0.695. The van der Waals surface area contributed by atoms with E-state index in [2.05, 4.69) is 5.32 Å². The van der Waals surface area contributed by atoms with Crippen LogP contribution in [-0.4, -0.2) is 45.6 Å². The lowest BCUT2D eigenvalue weighted by molar-refractivity contribution is -0.121. The lowest BCUT2D eigenvalue weighted by atomic mass is 10.3. The zero-order valence-electron chi connectivity index (χ0n) is 15.7. The van der Waals surface area contributed by atoms with Gasteiger partial charge in [0.2, 0.25) is 5.91 Å². The van der Waals surface area contributed by atoms with Crippen LogP contribution in [-0.2, 0) is 24.6 Å². The van der Waals surface area contributed by atoms with Gasteiger partial charge in [0, 0.05) is 44.2 Å². The van der Waals surface area contributed by atoms with Gasteiger partial charge in [0.15, 0.2) is 0 Å². The fourth-order valence-electron chi connectivity index (χ4n) is 2.56. The summed E-state index contributed by atoms with van der Waals surface area (Å²) < 4.78 is 18.8. The van der Waals surface area contributed by atoms with Crippen molar-refractivity contribution in [1.82, 2.24) is 9.88 Å². The molecule has 0 atom stereocenters. The van der Waals surface area contributed by atoms with Gasteiger partial charge in [0.25, 0.3) is 5.56 Å². The normalized spacial score (nSPS) is 11.5. The van der Waals surface area contributed by atoms with Crippen molar-refractivity contribution in [3.8, 4) is 0 Å². The monoisotopic (exact) mass is 370 g/mol. The summed E-state index contributed by atoms with van der Waals surface area (Å²) in [5.41, 5.74) is 0.587. The molecule has 0 saturated heterocycles. The number of hydrogen-bond donors (Lipinski definition) is 1. The molecule has 1 N–H and O–H groups in total. The average molecular weight is 371 g/mol. The maximum atomic E-state index is 12.1. The van der Waals surface area contributed by atoms with Gasteiger partial charge in [0.1, 0.15) is 6.54 Å². The Labute approximate surface area is 150 Å². The molecule has 142 valence electrons. The summed E-state index contributed by atoms with van der Waals surface area (Å²) in [5.74, 6) is -0.187. The van der Waals surface area contributed by atoms with Crippen LogP contribution in [0.25, 0.3) is 0 Å². The summed E-state index contributed by atoms with van der Waals surface area (Å²) in [6, 6.07) is 5.59. The van der Waals surface area contributed by atoms with Crippen LogP contribution in [0.1, 0.15) is 32.9 Å². The van der Waals surface area contributed by atoms with Gasteiger partial charge in [0.05, 0.1) is 0 Å². The summed E-state index contributed by atoms with van der Waals surface area (Å²) in [5, 5.41) is 2.84. The van der Waals surface area contributed by atoms with Gasteiger partial charge in [-0.2, -0.15) is 0 Å². The van der Waals surface area contributed by atoms with Crippen molar-refractivity contribution in [1.29, 1.82) is 0 Å². The molecule has 0 fully saturated rings. The maximum Gasteiger partial charge on any atom is 0.500 e. The molecular weight excluding hydrogens is 340 g/mol. The van der Waals surface area contributed by atoms with Gasteiger partial charge in [-0.25, -0.2) is 0 Å². The predicted molar refractivity (Wildman–Crippen MR) is 98.5 cm³/mol. The zero-order chi connectivity index (χ0) is 18.7. The molecule has 0 aliphatic rings. The Kier molecular flexibility index (Phi) is 9.65. The highest BCUT2D eigenvalue weighted by molar-refractivity contribution is 6.60. The van der Waals surface area contributed by atoms with E-state index in [0.29, 0.717) is 38.8 Å². The highest BCUT2D eigenvalue weighted by atomic mass is 28.4. The Morgan fingerprint density at radius 3 is 2.24 bits per heavy atom. The van der Waals surface area contributed by atoms with E-state index in [4.69, 9.17) is 13.3 Å². The van der Waals surface area contributed by atoms with E-state index in [1.807, 2.05) is 20.8 Å². The molecule has 0 aliphatic heterocycles. The summed E-state index contributed by atoms with van der Waals surface area (Å²) >= 11 is 0. The molecular formula is C17H30N2O5Si. The summed E-state index contributed by atoms with van der Waals surface area (Å²) in [4.78, 5) is 23.9. The third-order valence-corrected chi connectivity index (χ3v) is 6.80. The number of nitrogens with zero attached hydrogens (tertiary/aromatic N) is 1. The molecule has 8 heteroatoms. The summed E-state index contributed by atoms with van der Waals surface area (Å²) in [6.45, 7) is 9.68. The zero-order valence-corrected chi connectivity index (χ0v) is 16.7. The van der Waals surface area contributed by atoms with Crippen molar-refractivity contribution < 1.29 is 18.1 Å². The molecule has 0 unspecified atom stereocenters. The number of nitrogens with one attached hydrogen (secondary N) is 1. The number of rotatable bonds is 12. The third-order valence-electron chi connectivity index (χ3n) is 3.64. The molecule has 0 aliphatic carbocycles. The first kappa shape index (κ1) is 21.6. The minimum atomic E-state index is -2.67. The minimum Gasteiger partial charge on any atom is -0.374 e. The van der Waals surface area contributed by atoms with Gasteiger partial charge in [-0.15, -0.1) is 0 Å². The number of aryl methyl sites for hydroxylation is 1. The molecule has 0 radical (unpaired) electrons. The quantitative estimate of drug-likeness (QED) is 0.448. The topological polar surface area (TPSA) is 78.8 Å². The molecule has 7 nitrogen and oxygen atoms in total. The number of carbonyl (C=O) groups is 1. The van der Waals surface area contributed by atoms with Crippen LogP contribution < -0.4 is 10.9 Å². The number of carbonyl (C=O) groups excluding carboxylic acids is 1. The van der Waals surface area contributed by atoms with Crippen molar-refractivity contribution in [2.75, 3.05) is 26.4 Å². The molecule has 0 bridgehead atoms. The number of hydrogen-bond acceptors (Lipinski definition) is 5. The van der Waals surface area contributed by atoms with Gasteiger partial charge in [-0.3, -0.25) is 9.59 Å². The second kappa shape index (κ2) is 11.2. The first-order chi connectivity index (χ1) is 12.0. The van der Waals surface area contributed by atoms with Crippen LogP contribution in [0.5, 0.6) is 0 Å². The van der Waals surface area contributed by atoms with Crippen LogP contribution >= 0.6 is 0 Å². The number of pyridine rings is 1. The lowest BCUT2D eigenvalue weighted by Crippen LogP contribution is -2.46. The molecule has 1 rings (SSSR count). The molecule has 1 aromatic rings. The molecule has 1 amide bonds. The van der Waals surface area contributed by atoms with E-state index in [1.54, 1.807) is 19.1 Å². The predicted octanol–water partition coefficient (Wildman–Crippen LogP) is 1.71. The van der Waals surface area contributed by atoms with E-state index >= 15 is 0 Å². The number of amides is 1. The van der Waals surface area contributed by atoms with Crippen LogP contribution in [0, 0.1) is 6.92 Å². The van der Waals surface area contributed by atoms with E-state index in [-0.39, 0.29) is 18.0 Å². The van der Waals surface area contributed by atoms with Crippen molar-refractivity contribution in [2.45, 2.75) is 46.7 Å². The van der Waals surface area contributed by atoms with Gasteiger partial charge in [-0.05, 0) is 40.2 Å². The molecule has 25 heavy (non-hydrogen) atoms. The highest BCUT2D eigenvalue weighted by Gasteiger charge is 2.39. The van der Waals surface area contributed by atoms with Gasteiger partial charge < -0.3 is 23.2 Å². The first-order valence-corrected chi connectivity index (χ1v) is 10.8. The van der Waals surface area contributed by atoms with Crippen molar-refractivity contribution >= 4 is 14.7 Å². The Hall–Kier alpha value is -1.48. The smallest absolute Gasteiger partial charge is 0.374 e. The largest absolute Gasteiger partial charge is 0.500 e. The minimum absolute atomic E-state index is 0.0243. The van der Waals surface area contributed by atoms with Crippen molar-refractivity contribution in [3.05, 3.63) is 34.2 Å². The molecule has 1 aromatic heterocycles. The Morgan fingerprint density at radius 2 is 1.72 bits per heavy atom. The van der Waals surface area contributed by atoms with Crippen LogP contribution in [0.3, 0.4) is 0 Å². The van der Waals surface area contributed by atoms with Crippen LogP contribution in [0.2, 0.25) is 6.04 Å².